The van der Waals surface area contributed by atoms with Crippen LogP contribution < -0.4 is 10.2 Å². The van der Waals surface area contributed by atoms with Crippen LogP contribution in [0.15, 0.2) is 48.7 Å². The molecule has 1 aromatic carbocycles. The van der Waals surface area contributed by atoms with Gasteiger partial charge in [-0.3, -0.25) is 14.6 Å². The molecule has 154 valence electrons. The van der Waals surface area contributed by atoms with Gasteiger partial charge >= 0.3 is 0 Å². The average molecular weight is 396 g/mol. The maximum Gasteiger partial charge on any atom is 0.272 e. The van der Waals surface area contributed by atoms with E-state index in [4.69, 9.17) is 0 Å². The summed E-state index contributed by atoms with van der Waals surface area (Å²) in [5, 5.41) is 2.90. The Morgan fingerprint density at radius 2 is 1.79 bits per heavy atom. The predicted molar refractivity (Wildman–Crippen MR) is 114 cm³/mol. The normalized spacial score (nSPS) is 14.2. The molecule has 0 unspecified atom stereocenters. The maximum atomic E-state index is 12.9. The van der Waals surface area contributed by atoms with Gasteiger partial charge < -0.3 is 20.0 Å². The van der Waals surface area contributed by atoms with Gasteiger partial charge in [-0.05, 0) is 51.3 Å². The smallest absolute Gasteiger partial charge is 0.272 e. The molecule has 29 heavy (non-hydrogen) atoms. The van der Waals surface area contributed by atoms with Crippen molar-refractivity contribution in [2.75, 3.05) is 58.3 Å². The van der Waals surface area contributed by atoms with Crippen LogP contribution in [-0.2, 0) is 0 Å². The van der Waals surface area contributed by atoms with Crippen LogP contribution in [0.5, 0.6) is 0 Å². The number of amides is 2. The van der Waals surface area contributed by atoms with Crippen molar-refractivity contribution in [3.63, 3.8) is 0 Å². The van der Waals surface area contributed by atoms with E-state index in [0.29, 0.717) is 30.9 Å². The van der Waals surface area contributed by atoms with Gasteiger partial charge in [0.15, 0.2) is 0 Å². The Balaban J connectivity index is 1.55. The number of benzene rings is 1. The molecule has 1 saturated heterocycles. The largest absolute Gasteiger partial charge is 0.368 e. The van der Waals surface area contributed by atoms with Gasteiger partial charge in [-0.15, -0.1) is 0 Å². The Morgan fingerprint density at radius 1 is 1.07 bits per heavy atom. The van der Waals surface area contributed by atoms with E-state index >= 15 is 0 Å². The predicted octanol–water partition coefficient (Wildman–Crippen LogP) is 1.73. The number of piperazine rings is 1. The van der Waals surface area contributed by atoms with Crippen molar-refractivity contribution < 1.29 is 9.59 Å². The molecule has 2 amide bonds. The summed E-state index contributed by atoms with van der Waals surface area (Å²) < 4.78 is 0. The summed E-state index contributed by atoms with van der Waals surface area (Å²) in [6, 6.07) is 13.4. The fourth-order valence-electron chi connectivity index (χ4n) is 3.36. The van der Waals surface area contributed by atoms with E-state index in [1.807, 2.05) is 32.3 Å². The zero-order valence-corrected chi connectivity index (χ0v) is 17.2. The van der Waals surface area contributed by atoms with Crippen LogP contribution in [0.4, 0.5) is 5.69 Å². The van der Waals surface area contributed by atoms with Crippen molar-refractivity contribution in [2.45, 2.75) is 6.42 Å². The molecule has 2 heterocycles. The van der Waals surface area contributed by atoms with Crippen molar-refractivity contribution in [2.24, 2.45) is 0 Å². The minimum atomic E-state index is -0.172. The molecule has 2 aromatic rings. The lowest BCUT2D eigenvalue weighted by atomic mass is 10.2. The molecule has 0 atom stereocenters. The molecule has 0 spiro atoms. The highest BCUT2D eigenvalue weighted by molar-refractivity contribution is 5.98. The van der Waals surface area contributed by atoms with Gasteiger partial charge in [0, 0.05) is 50.2 Å². The van der Waals surface area contributed by atoms with E-state index in [0.717, 1.165) is 26.1 Å². The summed E-state index contributed by atoms with van der Waals surface area (Å²) in [6.45, 7) is 4.34. The maximum absolute atomic E-state index is 12.9. The second kappa shape index (κ2) is 10.0. The first-order chi connectivity index (χ1) is 14.0. The minimum Gasteiger partial charge on any atom is -0.368 e. The van der Waals surface area contributed by atoms with Gasteiger partial charge in [-0.25, -0.2) is 0 Å². The number of para-hydroxylation sites is 1. The number of hydrogen-bond donors (Lipinski definition) is 1. The topological polar surface area (TPSA) is 68.8 Å². The number of carbonyl (C=O) groups excluding carboxylic acids is 2. The Labute approximate surface area is 172 Å². The van der Waals surface area contributed by atoms with Crippen LogP contribution in [-0.4, -0.2) is 80.0 Å². The van der Waals surface area contributed by atoms with Crippen LogP contribution in [0.1, 0.15) is 27.3 Å². The molecule has 7 nitrogen and oxygen atoms in total. The van der Waals surface area contributed by atoms with E-state index in [1.54, 1.807) is 17.0 Å². The lowest BCUT2D eigenvalue weighted by molar-refractivity contribution is 0.0741. The molecule has 7 heteroatoms. The van der Waals surface area contributed by atoms with Gasteiger partial charge in [0.1, 0.15) is 5.69 Å². The number of hydrogen-bond acceptors (Lipinski definition) is 5. The second-order valence-corrected chi connectivity index (χ2v) is 7.46. The first-order valence-electron chi connectivity index (χ1n) is 10.0. The second-order valence-electron chi connectivity index (χ2n) is 7.46. The molecule has 0 bridgehead atoms. The third-order valence-electron chi connectivity index (χ3n) is 5.00. The van der Waals surface area contributed by atoms with Gasteiger partial charge in [-0.2, -0.15) is 0 Å². The number of rotatable bonds is 7. The minimum absolute atomic E-state index is 0.125. The molecule has 1 aliphatic rings. The molecule has 0 saturated carbocycles. The van der Waals surface area contributed by atoms with E-state index in [1.165, 1.54) is 11.9 Å². The number of anilines is 1. The van der Waals surface area contributed by atoms with E-state index in [-0.39, 0.29) is 11.8 Å². The summed E-state index contributed by atoms with van der Waals surface area (Å²) in [7, 11) is 4.00. The van der Waals surface area contributed by atoms with Crippen molar-refractivity contribution in [1.29, 1.82) is 0 Å². The van der Waals surface area contributed by atoms with E-state index in [2.05, 4.69) is 32.2 Å². The van der Waals surface area contributed by atoms with Gasteiger partial charge in [0.25, 0.3) is 11.8 Å². The summed E-state index contributed by atoms with van der Waals surface area (Å²) in [4.78, 5) is 35.6. The van der Waals surface area contributed by atoms with Crippen LogP contribution in [0, 0.1) is 0 Å². The zero-order chi connectivity index (χ0) is 20.6. The van der Waals surface area contributed by atoms with Crippen molar-refractivity contribution in [3.8, 4) is 0 Å². The quantitative estimate of drug-likeness (QED) is 0.723. The first kappa shape index (κ1) is 20.8. The Hall–Kier alpha value is -2.93. The Bertz CT molecular complexity index is 817. The molecule has 0 aliphatic carbocycles. The van der Waals surface area contributed by atoms with E-state index < -0.39 is 0 Å². The lowest BCUT2D eigenvalue weighted by Gasteiger charge is -2.36. The molecule has 1 N–H and O–H groups in total. The highest BCUT2D eigenvalue weighted by atomic mass is 16.2. The van der Waals surface area contributed by atoms with Crippen molar-refractivity contribution in [1.82, 2.24) is 20.1 Å². The first-order valence-corrected chi connectivity index (χ1v) is 10.0. The van der Waals surface area contributed by atoms with Crippen molar-refractivity contribution in [3.05, 3.63) is 59.9 Å². The SMILES string of the molecule is CN(C)CCCNC(=O)c1ccnc(C(=O)N2CCN(c3ccccc3)CC2)c1. The standard InChI is InChI=1S/C22H29N5O2/c1-25(2)12-6-10-24-21(28)18-9-11-23-20(17-18)22(29)27-15-13-26(14-16-27)19-7-4-3-5-8-19/h3-5,7-9,11,17H,6,10,12-16H2,1-2H3,(H,24,28). The third-order valence-corrected chi connectivity index (χ3v) is 5.00. The van der Waals surface area contributed by atoms with Gasteiger partial charge in [0.2, 0.25) is 0 Å². The number of nitrogens with one attached hydrogen (secondary N) is 1. The molecule has 1 aliphatic heterocycles. The van der Waals surface area contributed by atoms with Crippen LogP contribution in [0.25, 0.3) is 0 Å². The molecule has 3 rings (SSSR count). The van der Waals surface area contributed by atoms with Crippen LogP contribution >= 0.6 is 0 Å². The summed E-state index contributed by atoms with van der Waals surface area (Å²) >= 11 is 0. The zero-order valence-electron chi connectivity index (χ0n) is 17.2. The molecule has 1 aromatic heterocycles. The highest BCUT2D eigenvalue weighted by Gasteiger charge is 2.23. The molecular formula is C22H29N5O2. The van der Waals surface area contributed by atoms with Gasteiger partial charge in [-0.1, -0.05) is 18.2 Å². The summed E-state index contributed by atoms with van der Waals surface area (Å²) in [5.41, 5.74) is 1.96. The Morgan fingerprint density at radius 3 is 2.48 bits per heavy atom. The van der Waals surface area contributed by atoms with Gasteiger partial charge in [0.05, 0.1) is 0 Å². The summed E-state index contributed by atoms with van der Waals surface area (Å²) in [6.07, 6.45) is 2.41. The molecule has 1 fully saturated rings. The molecular weight excluding hydrogens is 366 g/mol. The number of pyridine rings is 1. The molecule has 0 radical (unpaired) electrons. The monoisotopic (exact) mass is 395 g/mol. The van der Waals surface area contributed by atoms with Crippen LogP contribution in [0.2, 0.25) is 0 Å². The fraction of sp³-hybridized carbons (Fsp3) is 0.409. The lowest BCUT2D eigenvalue weighted by Crippen LogP contribution is -2.49. The fourth-order valence-corrected chi connectivity index (χ4v) is 3.36. The number of aromatic nitrogens is 1. The Kier molecular flexibility index (Phi) is 7.19. The summed E-state index contributed by atoms with van der Waals surface area (Å²) in [5.74, 6) is -0.297. The third kappa shape index (κ3) is 5.77. The number of nitrogens with zero attached hydrogens (tertiary/aromatic N) is 4. The average Bonchev–Trinajstić information content (AvgIpc) is 2.77. The van der Waals surface area contributed by atoms with E-state index in [9.17, 15) is 9.59 Å². The number of carbonyl (C=O) groups is 2. The van der Waals surface area contributed by atoms with Crippen LogP contribution in [0.3, 0.4) is 0 Å². The highest BCUT2D eigenvalue weighted by Crippen LogP contribution is 2.16. The van der Waals surface area contributed by atoms with Crippen molar-refractivity contribution >= 4 is 17.5 Å².